The molecule has 0 aliphatic heterocycles. The van der Waals surface area contributed by atoms with Crippen molar-refractivity contribution in [1.82, 2.24) is 16.0 Å². The smallest absolute Gasteiger partial charge is 0.407 e. The Morgan fingerprint density at radius 2 is 1.54 bits per heavy atom. The molecule has 0 aromatic carbocycles. The van der Waals surface area contributed by atoms with Gasteiger partial charge in [0, 0.05) is 37.0 Å². The van der Waals surface area contributed by atoms with Crippen LogP contribution in [0.3, 0.4) is 0 Å². The van der Waals surface area contributed by atoms with Crippen molar-refractivity contribution in [1.29, 1.82) is 0 Å². The number of rotatable bonds is 23. The van der Waals surface area contributed by atoms with Crippen LogP contribution in [0.15, 0.2) is 0 Å². The highest BCUT2D eigenvalue weighted by Crippen LogP contribution is 2.37. The average Bonchev–Trinajstić information content (AvgIpc) is 2.86. The van der Waals surface area contributed by atoms with Crippen LogP contribution in [0, 0.1) is 23.7 Å². The number of hydrogen-bond acceptors (Lipinski definition) is 8. The molecule has 3 N–H and O–H groups in total. The standard InChI is InChI=1S/C28H53N3O6S2/c1-24(2)11-9-15-30-26(32)29-14-7-8-17-36-23-38-39-28(5,6)13-19-37-27(33)31-16-20-35-22-21-34-18-10-12-25(3)4/h24-25H,7-8,10,12-23H2,1-6H3,(H,31,33)(H2,29,30,32). The molecule has 9 nitrogen and oxygen atoms in total. The third kappa shape index (κ3) is 29.5. The Bertz CT molecular complexity index is 684. The van der Waals surface area contributed by atoms with Crippen molar-refractivity contribution in [3.63, 3.8) is 0 Å². The third-order valence-corrected chi connectivity index (χ3v) is 8.07. The number of amides is 3. The van der Waals surface area contributed by atoms with Gasteiger partial charge in [-0.2, -0.15) is 0 Å². The molecule has 0 rings (SSSR count). The summed E-state index contributed by atoms with van der Waals surface area (Å²) in [4.78, 5) is 23.5. The zero-order valence-corrected chi connectivity index (χ0v) is 26.7. The molecule has 3 amide bonds. The second kappa shape index (κ2) is 25.6. The summed E-state index contributed by atoms with van der Waals surface area (Å²) in [5.41, 5.74) is 0. The fourth-order valence-electron chi connectivity index (χ4n) is 2.87. The number of nitrogens with one attached hydrogen (secondary N) is 3. The summed E-state index contributed by atoms with van der Waals surface area (Å²) in [6.07, 6.45) is 4.29. The fourth-order valence-corrected chi connectivity index (χ4v) is 5.15. The summed E-state index contributed by atoms with van der Waals surface area (Å²) >= 11 is 0. The number of carbonyl (C=O) groups is 2. The summed E-state index contributed by atoms with van der Waals surface area (Å²) in [7, 11) is 3.37. The first-order valence-corrected chi connectivity index (χ1v) is 16.4. The molecule has 11 heteroatoms. The van der Waals surface area contributed by atoms with E-state index in [1.807, 2.05) is 13.8 Å². The Balaban J connectivity index is 3.54. The van der Waals surface area contributed by atoms with E-state index in [9.17, 15) is 9.59 Å². The lowest BCUT2D eigenvalue weighted by Crippen LogP contribution is -2.36. The SMILES string of the molecule is CC(C)C#CCNC(=O)NCCCCOCSSC(C)(C)CCOC(=O)NCCOCCOCCCC(C)C. The molecule has 39 heavy (non-hydrogen) atoms. The monoisotopic (exact) mass is 591 g/mol. The first kappa shape index (κ1) is 37.7. The van der Waals surface area contributed by atoms with Crippen molar-refractivity contribution in [2.45, 2.75) is 78.4 Å². The van der Waals surface area contributed by atoms with Gasteiger partial charge in [-0.25, -0.2) is 9.59 Å². The van der Waals surface area contributed by atoms with Crippen LogP contribution in [0.2, 0.25) is 0 Å². The van der Waals surface area contributed by atoms with Gasteiger partial charge < -0.3 is 34.9 Å². The molecule has 0 aromatic heterocycles. The van der Waals surface area contributed by atoms with Gasteiger partial charge in [0.25, 0.3) is 0 Å². The highest BCUT2D eigenvalue weighted by Gasteiger charge is 2.19. The molecule has 0 fully saturated rings. The van der Waals surface area contributed by atoms with Gasteiger partial charge in [-0.1, -0.05) is 61.1 Å². The Hall–Kier alpha value is -1.32. The van der Waals surface area contributed by atoms with Crippen LogP contribution in [-0.2, 0) is 18.9 Å². The van der Waals surface area contributed by atoms with Gasteiger partial charge in [0.15, 0.2) is 0 Å². The Morgan fingerprint density at radius 3 is 2.26 bits per heavy atom. The summed E-state index contributed by atoms with van der Waals surface area (Å²) in [5, 5.41) is 8.23. The zero-order valence-electron chi connectivity index (χ0n) is 25.0. The van der Waals surface area contributed by atoms with E-state index >= 15 is 0 Å². The largest absolute Gasteiger partial charge is 0.450 e. The van der Waals surface area contributed by atoms with Gasteiger partial charge in [-0.15, -0.1) is 0 Å². The lowest BCUT2D eigenvalue weighted by molar-refractivity contribution is 0.0462. The van der Waals surface area contributed by atoms with Crippen LogP contribution >= 0.6 is 21.6 Å². The molecule has 0 saturated heterocycles. The van der Waals surface area contributed by atoms with Crippen molar-refractivity contribution >= 4 is 33.7 Å². The highest BCUT2D eigenvalue weighted by molar-refractivity contribution is 8.77. The number of unbranched alkanes of at least 4 members (excludes halogenated alkanes) is 1. The van der Waals surface area contributed by atoms with Crippen molar-refractivity contribution in [3.8, 4) is 11.8 Å². The van der Waals surface area contributed by atoms with Crippen molar-refractivity contribution in [3.05, 3.63) is 0 Å². The number of ether oxygens (including phenoxy) is 4. The maximum absolute atomic E-state index is 11.8. The number of alkyl carbamates (subject to hydrolysis) is 1. The quantitative estimate of drug-likeness (QED) is 0.0624. The Kier molecular flexibility index (Phi) is 24.8. The van der Waals surface area contributed by atoms with E-state index in [1.54, 1.807) is 21.6 Å². The van der Waals surface area contributed by atoms with Crippen LogP contribution < -0.4 is 16.0 Å². The van der Waals surface area contributed by atoms with Gasteiger partial charge in [-0.05, 0) is 51.9 Å². The maximum atomic E-state index is 11.8. The molecule has 228 valence electrons. The number of urea groups is 1. The molecule has 0 unspecified atom stereocenters. The fraction of sp³-hybridized carbons (Fsp3) is 0.857. The van der Waals surface area contributed by atoms with E-state index in [4.69, 9.17) is 18.9 Å². The zero-order chi connectivity index (χ0) is 29.2. The van der Waals surface area contributed by atoms with E-state index in [2.05, 4.69) is 55.5 Å². The van der Waals surface area contributed by atoms with Gasteiger partial charge in [0.05, 0.1) is 33.0 Å². The van der Waals surface area contributed by atoms with E-state index in [0.29, 0.717) is 70.4 Å². The topological polar surface area (TPSA) is 107 Å². The number of hydrogen-bond donors (Lipinski definition) is 3. The van der Waals surface area contributed by atoms with Gasteiger partial charge in [0.1, 0.15) is 5.94 Å². The van der Waals surface area contributed by atoms with E-state index in [0.717, 1.165) is 32.3 Å². The third-order valence-electron chi connectivity index (χ3n) is 5.04. The molecule has 0 atom stereocenters. The van der Waals surface area contributed by atoms with Gasteiger partial charge in [0.2, 0.25) is 0 Å². The van der Waals surface area contributed by atoms with Gasteiger partial charge >= 0.3 is 12.1 Å². The van der Waals surface area contributed by atoms with E-state index < -0.39 is 6.09 Å². The predicted octanol–water partition coefficient (Wildman–Crippen LogP) is 5.45. The molecule has 0 heterocycles. The minimum absolute atomic E-state index is 0.0522. The lowest BCUT2D eigenvalue weighted by atomic mass is 10.1. The molecule has 0 radical (unpaired) electrons. The van der Waals surface area contributed by atoms with Crippen molar-refractivity contribution in [2.24, 2.45) is 11.8 Å². The summed E-state index contributed by atoms with van der Waals surface area (Å²) in [6.45, 7) is 17.4. The summed E-state index contributed by atoms with van der Waals surface area (Å²) in [5.74, 6) is 7.51. The lowest BCUT2D eigenvalue weighted by Gasteiger charge is -2.22. The van der Waals surface area contributed by atoms with Crippen molar-refractivity contribution < 1.29 is 28.5 Å². The van der Waals surface area contributed by atoms with Crippen LogP contribution in [0.1, 0.15) is 73.6 Å². The molecular formula is C28H53N3O6S2. The Morgan fingerprint density at radius 1 is 0.821 bits per heavy atom. The van der Waals surface area contributed by atoms with E-state index in [-0.39, 0.29) is 10.8 Å². The summed E-state index contributed by atoms with van der Waals surface area (Å²) in [6, 6.07) is -0.192. The second-order valence-electron chi connectivity index (χ2n) is 10.4. The van der Waals surface area contributed by atoms with Crippen LogP contribution in [0.4, 0.5) is 9.59 Å². The molecular weight excluding hydrogens is 538 g/mol. The van der Waals surface area contributed by atoms with Crippen molar-refractivity contribution in [2.75, 3.05) is 65.2 Å². The predicted molar refractivity (Wildman–Crippen MR) is 163 cm³/mol. The normalized spacial score (nSPS) is 11.3. The van der Waals surface area contributed by atoms with Gasteiger partial charge in [-0.3, -0.25) is 0 Å². The average molecular weight is 592 g/mol. The molecule has 0 spiro atoms. The first-order valence-electron chi connectivity index (χ1n) is 14.1. The minimum atomic E-state index is -0.424. The highest BCUT2D eigenvalue weighted by atomic mass is 33.1. The minimum Gasteiger partial charge on any atom is -0.450 e. The van der Waals surface area contributed by atoms with Crippen LogP contribution in [0.25, 0.3) is 0 Å². The maximum Gasteiger partial charge on any atom is 0.407 e. The first-order chi connectivity index (χ1) is 18.6. The second-order valence-corrected chi connectivity index (χ2v) is 13.3. The van der Waals surface area contributed by atoms with Crippen LogP contribution in [-0.4, -0.2) is 82.1 Å². The Labute approximate surface area is 245 Å². The molecule has 0 aliphatic carbocycles. The molecule has 0 bridgehead atoms. The summed E-state index contributed by atoms with van der Waals surface area (Å²) < 4.78 is 21.9. The van der Waals surface area contributed by atoms with Crippen LogP contribution in [0.5, 0.6) is 0 Å². The molecule has 0 saturated carbocycles. The molecule has 0 aliphatic rings. The van der Waals surface area contributed by atoms with E-state index in [1.165, 1.54) is 6.42 Å². The molecule has 0 aromatic rings. The number of carbonyl (C=O) groups excluding carboxylic acids is 2.